The second kappa shape index (κ2) is 5.35. The molecule has 0 atom stereocenters. The highest BCUT2D eigenvalue weighted by Crippen LogP contribution is 2.33. The van der Waals surface area contributed by atoms with E-state index in [1.54, 1.807) is 0 Å². The van der Waals surface area contributed by atoms with Crippen LogP contribution < -0.4 is 0 Å². The minimum Gasteiger partial charge on any atom is -0.264 e. The van der Waals surface area contributed by atoms with Gasteiger partial charge < -0.3 is 0 Å². The summed E-state index contributed by atoms with van der Waals surface area (Å²) < 4.78 is 0. The first kappa shape index (κ1) is 13.3. The van der Waals surface area contributed by atoms with E-state index in [0.29, 0.717) is 5.41 Å². The van der Waals surface area contributed by atoms with Crippen molar-refractivity contribution in [2.24, 2.45) is 5.41 Å². The van der Waals surface area contributed by atoms with Crippen LogP contribution in [0.2, 0.25) is 0 Å². The van der Waals surface area contributed by atoms with Crippen LogP contribution in [0, 0.1) is 5.41 Å². The molecule has 2 aromatic rings. The highest BCUT2D eigenvalue weighted by molar-refractivity contribution is 5.27. The molecule has 0 fully saturated rings. The van der Waals surface area contributed by atoms with Crippen LogP contribution in [0.5, 0.6) is 0 Å². The summed E-state index contributed by atoms with van der Waals surface area (Å²) in [5.41, 5.74) is 5.68. The van der Waals surface area contributed by atoms with Gasteiger partial charge in [0, 0.05) is 23.8 Å². The number of hydrogen-bond donors (Lipinski definition) is 0. The van der Waals surface area contributed by atoms with Crippen molar-refractivity contribution in [3.05, 3.63) is 59.2 Å². The molecule has 0 unspecified atom stereocenters. The quantitative estimate of drug-likeness (QED) is 0.845. The van der Waals surface area contributed by atoms with E-state index in [1.165, 1.54) is 35.4 Å². The molecule has 104 valence electrons. The highest BCUT2D eigenvalue weighted by Gasteiger charge is 2.26. The summed E-state index contributed by atoms with van der Waals surface area (Å²) in [6.45, 7) is 4.69. The van der Waals surface area contributed by atoms with E-state index in [4.69, 9.17) is 4.98 Å². The van der Waals surface area contributed by atoms with E-state index >= 15 is 0 Å². The smallest absolute Gasteiger partial charge is 0.0444 e. The lowest BCUT2D eigenvalue weighted by molar-refractivity contribution is 0.310. The summed E-state index contributed by atoms with van der Waals surface area (Å²) in [5, 5.41) is 0. The van der Waals surface area contributed by atoms with Crippen molar-refractivity contribution in [3.8, 4) is 0 Å². The number of aromatic nitrogens is 2. The third-order valence-corrected chi connectivity index (χ3v) is 4.24. The Morgan fingerprint density at radius 1 is 1.15 bits per heavy atom. The third-order valence-electron chi connectivity index (χ3n) is 4.24. The summed E-state index contributed by atoms with van der Waals surface area (Å²) in [6, 6.07) is 8.62. The van der Waals surface area contributed by atoms with Gasteiger partial charge in [-0.1, -0.05) is 26.0 Å². The van der Waals surface area contributed by atoms with Crippen LogP contribution in [0.3, 0.4) is 0 Å². The average Bonchev–Trinajstić information content (AvgIpc) is 2.45. The van der Waals surface area contributed by atoms with E-state index in [-0.39, 0.29) is 0 Å². The van der Waals surface area contributed by atoms with Crippen LogP contribution in [0.15, 0.2) is 36.7 Å². The minimum atomic E-state index is 0.405. The van der Waals surface area contributed by atoms with Gasteiger partial charge in [0.05, 0.1) is 0 Å². The molecule has 0 saturated heterocycles. The van der Waals surface area contributed by atoms with Gasteiger partial charge in [-0.05, 0) is 60.8 Å². The number of nitrogens with zero attached hydrogens (tertiary/aromatic N) is 2. The van der Waals surface area contributed by atoms with Crippen LogP contribution in [-0.2, 0) is 25.7 Å². The van der Waals surface area contributed by atoms with Crippen molar-refractivity contribution in [1.29, 1.82) is 0 Å². The Morgan fingerprint density at radius 2 is 2.05 bits per heavy atom. The van der Waals surface area contributed by atoms with Crippen molar-refractivity contribution in [3.63, 3.8) is 0 Å². The Kier molecular flexibility index (Phi) is 3.56. The molecule has 2 nitrogen and oxygen atoms in total. The van der Waals surface area contributed by atoms with Gasteiger partial charge in [-0.15, -0.1) is 0 Å². The van der Waals surface area contributed by atoms with Crippen molar-refractivity contribution < 1.29 is 0 Å². The van der Waals surface area contributed by atoms with Gasteiger partial charge in [-0.3, -0.25) is 9.97 Å². The summed E-state index contributed by atoms with van der Waals surface area (Å²) in [6.07, 6.45) is 9.35. The average molecular weight is 266 g/mol. The van der Waals surface area contributed by atoms with Gasteiger partial charge in [0.2, 0.25) is 0 Å². The topological polar surface area (TPSA) is 25.8 Å². The molecule has 0 aliphatic heterocycles. The number of hydrogen-bond acceptors (Lipinski definition) is 2. The SMILES string of the molecule is CC1(C)CCc2ccc(CCc3cccnc3)nc2C1. The maximum atomic E-state index is 4.90. The largest absolute Gasteiger partial charge is 0.264 e. The molecule has 1 aliphatic rings. The second-order valence-electron chi connectivity index (χ2n) is 6.61. The molecule has 2 heterocycles. The first-order valence-corrected chi connectivity index (χ1v) is 7.49. The van der Waals surface area contributed by atoms with Gasteiger partial charge in [-0.25, -0.2) is 0 Å². The fraction of sp³-hybridized carbons (Fsp3) is 0.444. The maximum absolute atomic E-state index is 4.90. The molecule has 1 aliphatic carbocycles. The molecule has 2 aromatic heterocycles. The van der Waals surface area contributed by atoms with Gasteiger partial charge in [-0.2, -0.15) is 0 Å². The van der Waals surface area contributed by atoms with Crippen LogP contribution >= 0.6 is 0 Å². The van der Waals surface area contributed by atoms with Crippen molar-refractivity contribution in [2.45, 2.75) is 46.0 Å². The third kappa shape index (κ3) is 3.06. The van der Waals surface area contributed by atoms with Crippen LogP contribution in [0.4, 0.5) is 0 Å². The first-order valence-electron chi connectivity index (χ1n) is 7.49. The number of rotatable bonds is 3. The zero-order valence-electron chi connectivity index (χ0n) is 12.4. The van der Waals surface area contributed by atoms with E-state index in [1.807, 2.05) is 18.5 Å². The molecule has 0 radical (unpaired) electrons. The van der Waals surface area contributed by atoms with E-state index < -0.39 is 0 Å². The summed E-state index contributed by atoms with van der Waals surface area (Å²) in [4.78, 5) is 9.07. The lowest BCUT2D eigenvalue weighted by atomic mass is 9.76. The number of pyridine rings is 2. The fourth-order valence-corrected chi connectivity index (χ4v) is 2.93. The fourth-order valence-electron chi connectivity index (χ4n) is 2.93. The zero-order valence-corrected chi connectivity index (χ0v) is 12.4. The predicted octanol–water partition coefficient (Wildman–Crippen LogP) is 3.78. The van der Waals surface area contributed by atoms with Crippen LogP contribution in [0.1, 0.15) is 42.8 Å². The Balaban J connectivity index is 1.72. The Hall–Kier alpha value is -1.70. The molecule has 0 amide bonds. The molecule has 0 spiro atoms. The van der Waals surface area contributed by atoms with Gasteiger partial charge >= 0.3 is 0 Å². The standard InChI is InChI=1S/C18H22N2/c1-18(2)10-9-15-6-8-16(20-17(15)12-18)7-5-14-4-3-11-19-13-14/h3-4,6,8,11,13H,5,7,9-10,12H2,1-2H3. The normalized spacial score (nSPS) is 16.7. The first-order chi connectivity index (χ1) is 9.62. The number of aryl methyl sites for hydroxylation is 3. The molecule has 0 bridgehead atoms. The van der Waals surface area contributed by atoms with E-state index in [0.717, 1.165) is 19.3 Å². The van der Waals surface area contributed by atoms with Gasteiger partial charge in [0.15, 0.2) is 0 Å². The molecule has 0 N–H and O–H groups in total. The monoisotopic (exact) mass is 266 g/mol. The second-order valence-corrected chi connectivity index (χ2v) is 6.61. The lowest BCUT2D eigenvalue weighted by Crippen LogP contribution is -2.23. The van der Waals surface area contributed by atoms with E-state index in [9.17, 15) is 0 Å². The summed E-state index contributed by atoms with van der Waals surface area (Å²) >= 11 is 0. The Labute approximate surface area is 121 Å². The lowest BCUT2D eigenvalue weighted by Gasteiger charge is -2.30. The van der Waals surface area contributed by atoms with Crippen molar-refractivity contribution in [1.82, 2.24) is 9.97 Å². The molecule has 3 rings (SSSR count). The Morgan fingerprint density at radius 3 is 2.85 bits per heavy atom. The van der Waals surface area contributed by atoms with Gasteiger partial charge in [0.1, 0.15) is 0 Å². The molecular formula is C18H22N2. The predicted molar refractivity (Wildman–Crippen MR) is 81.7 cm³/mol. The molecular weight excluding hydrogens is 244 g/mol. The van der Waals surface area contributed by atoms with Crippen molar-refractivity contribution >= 4 is 0 Å². The molecule has 2 heteroatoms. The molecule has 0 aromatic carbocycles. The van der Waals surface area contributed by atoms with Crippen molar-refractivity contribution in [2.75, 3.05) is 0 Å². The summed E-state index contributed by atoms with van der Waals surface area (Å²) in [5.74, 6) is 0. The highest BCUT2D eigenvalue weighted by atomic mass is 14.7. The zero-order chi connectivity index (χ0) is 14.0. The van der Waals surface area contributed by atoms with E-state index in [2.05, 4.69) is 37.0 Å². The number of fused-ring (bicyclic) bond motifs is 1. The van der Waals surface area contributed by atoms with Crippen LogP contribution in [0.25, 0.3) is 0 Å². The maximum Gasteiger partial charge on any atom is 0.0444 e. The van der Waals surface area contributed by atoms with Gasteiger partial charge in [0.25, 0.3) is 0 Å². The molecule has 20 heavy (non-hydrogen) atoms. The van der Waals surface area contributed by atoms with Crippen LogP contribution in [-0.4, -0.2) is 9.97 Å². The minimum absolute atomic E-state index is 0.405. The Bertz CT molecular complexity index is 588. The summed E-state index contributed by atoms with van der Waals surface area (Å²) in [7, 11) is 0. The molecule has 0 saturated carbocycles.